The first-order valence-corrected chi connectivity index (χ1v) is 13.7. The van der Waals surface area contributed by atoms with Crippen LogP contribution in [0.5, 0.6) is 0 Å². The second-order valence-electron chi connectivity index (χ2n) is 10.6. The second-order valence-corrected chi connectivity index (χ2v) is 10.6. The molecule has 2 aliphatic rings. The molecule has 4 aromatic rings. The monoisotopic (exact) mass is 575 g/mol. The lowest BCUT2D eigenvalue weighted by atomic mass is 9.85. The normalized spacial score (nSPS) is 17.7. The average Bonchev–Trinajstić information content (AvgIpc) is 3.28. The van der Waals surface area contributed by atoms with Crippen molar-refractivity contribution >= 4 is 45.8 Å². The number of ether oxygens (including phenoxy) is 1. The van der Waals surface area contributed by atoms with E-state index in [2.05, 4.69) is 0 Å². The molecule has 2 amide bonds. The van der Waals surface area contributed by atoms with Gasteiger partial charge in [-0.25, -0.2) is 9.78 Å². The first kappa shape index (κ1) is 27.6. The predicted octanol–water partition coefficient (Wildman–Crippen LogP) is 5.61. The second kappa shape index (κ2) is 11.1. The number of esters is 1. The molecule has 0 radical (unpaired) electrons. The van der Waals surface area contributed by atoms with Crippen LogP contribution in [0.2, 0.25) is 0 Å². The number of benzene rings is 3. The van der Waals surface area contributed by atoms with Crippen LogP contribution in [0.15, 0.2) is 84.9 Å². The molecule has 10 heteroatoms. The lowest BCUT2D eigenvalue weighted by Gasteiger charge is -2.15. The number of carbonyl (C=O) groups is 4. The molecule has 3 aromatic carbocycles. The largest absolute Gasteiger partial charge is 0.454 e. The Morgan fingerprint density at radius 2 is 1.58 bits per heavy atom. The highest BCUT2D eigenvalue weighted by molar-refractivity contribution is 6.22. The number of nitrogens with zero attached hydrogens (tertiary/aromatic N) is 3. The van der Waals surface area contributed by atoms with Crippen molar-refractivity contribution in [2.75, 3.05) is 11.5 Å². The lowest BCUT2D eigenvalue weighted by molar-refractivity contribution is -0.384. The molecule has 1 aromatic heterocycles. The fourth-order valence-electron chi connectivity index (χ4n) is 5.55. The van der Waals surface area contributed by atoms with Crippen LogP contribution < -0.4 is 4.90 Å². The van der Waals surface area contributed by atoms with Gasteiger partial charge in [0.1, 0.15) is 0 Å². The van der Waals surface area contributed by atoms with Crippen molar-refractivity contribution in [3.63, 3.8) is 0 Å². The van der Waals surface area contributed by atoms with Gasteiger partial charge < -0.3 is 4.74 Å². The summed E-state index contributed by atoms with van der Waals surface area (Å²) in [6.45, 7) is 1.33. The van der Waals surface area contributed by atoms with Crippen LogP contribution in [0.1, 0.15) is 39.1 Å². The summed E-state index contributed by atoms with van der Waals surface area (Å²) in [5, 5.41) is 11.4. The molecule has 10 nitrogen and oxygen atoms in total. The van der Waals surface area contributed by atoms with Gasteiger partial charge in [0.25, 0.3) is 5.69 Å². The minimum atomic E-state index is -0.726. The molecule has 6 rings (SSSR count). The zero-order chi connectivity index (χ0) is 30.2. The molecule has 0 spiro atoms. The number of rotatable bonds is 7. The van der Waals surface area contributed by atoms with E-state index in [0.717, 1.165) is 5.56 Å². The number of imide groups is 1. The fraction of sp³-hybridized carbons (Fsp3) is 0.182. The molecule has 1 aliphatic carbocycles. The number of hydrogen-bond acceptors (Lipinski definition) is 8. The molecule has 1 aliphatic heterocycles. The van der Waals surface area contributed by atoms with E-state index in [1.54, 1.807) is 36.4 Å². The topological polar surface area (TPSA) is 137 Å². The van der Waals surface area contributed by atoms with E-state index in [-0.39, 0.29) is 40.5 Å². The minimum Gasteiger partial charge on any atom is -0.454 e. The number of anilines is 1. The van der Waals surface area contributed by atoms with Crippen molar-refractivity contribution < 1.29 is 28.8 Å². The third kappa shape index (κ3) is 5.19. The first-order chi connectivity index (χ1) is 20.7. The molecule has 214 valence electrons. The SMILES string of the molecule is Cc1ccc2nc(-c3ccc(N4C(=O)C5CC=CCC5C4=O)cc3)cc(C(=O)OCC(=O)c3ccc([N+](=O)[O-])cc3)c2c1. The number of Topliss-reactive ketones (excluding diaryl/α,β-unsaturated/α-hetero) is 1. The summed E-state index contributed by atoms with van der Waals surface area (Å²) in [5.74, 6) is -2.28. The van der Waals surface area contributed by atoms with Gasteiger partial charge >= 0.3 is 5.97 Å². The number of aryl methyl sites for hydroxylation is 1. The Hall–Kier alpha value is -5.51. The van der Waals surface area contributed by atoms with Crippen molar-refractivity contribution in [1.29, 1.82) is 0 Å². The van der Waals surface area contributed by atoms with Crippen molar-refractivity contribution in [1.82, 2.24) is 4.98 Å². The number of aromatic nitrogens is 1. The molecule has 0 N–H and O–H groups in total. The summed E-state index contributed by atoms with van der Waals surface area (Å²) in [7, 11) is 0. The minimum absolute atomic E-state index is 0.151. The Morgan fingerprint density at radius 1 is 0.930 bits per heavy atom. The zero-order valence-corrected chi connectivity index (χ0v) is 23.1. The predicted molar refractivity (Wildman–Crippen MR) is 157 cm³/mol. The zero-order valence-electron chi connectivity index (χ0n) is 23.1. The quantitative estimate of drug-likeness (QED) is 0.0692. The molecule has 2 atom stereocenters. The highest BCUT2D eigenvalue weighted by Gasteiger charge is 2.47. The molecule has 2 heterocycles. The van der Waals surface area contributed by atoms with E-state index < -0.39 is 23.3 Å². The number of allylic oxidation sites excluding steroid dienone is 2. The van der Waals surface area contributed by atoms with E-state index in [1.165, 1.54) is 29.2 Å². The molecule has 1 saturated heterocycles. The third-order valence-electron chi connectivity index (χ3n) is 7.85. The van der Waals surface area contributed by atoms with Gasteiger partial charge in [0.2, 0.25) is 11.8 Å². The van der Waals surface area contributed by atoms with Gasteiger partial charge in [0, 0.05) is 28.6 Å². The Balaban J connectivity index is 1.26. The van der Waals surface area contributed by atoms with Gasteiger partial charge in [-0.2, -0.15) is 0 Å². The van der Waals surface area contributed by atoms with Crippen molar-refractivity contribution in [2.24, 2.45) is 11.8 Å². The van der Waals surface area contributed by atoms with E-state index in [1.807, 2.05) is 31.2 Å². The van der Waals surface area contributed by atoms with Gasteiger partial charge in [-0.15, -0.1) is 0 Å². The van der Waals surface area contributed by atoms with Gasteiger partial charge in [-0.3, -0.25) is 29.4 Å². The number of hydrogen-bond donors (Lipinski definition) is 0. The van der Waals surface area contributed by atoms with Crippen LogP contribution in [0.3, 0.4) is 0 Å². The van der Waals surface area contributed by atoms with E-state index >= 15 is 0 Å². The van der Waals surface area contributed by atoms with Crippen LogP contribution >= 0.6 is 0 Å². The fourth-order valence-corrected chi connectivity index (χ4v) is 5.55. The summed E-state index contributed by atoms with van der Waals surface area (Å²) < 4.78 is 5.38. The van der Waals surface area contributed by atoms with E-state index in [9.17, 15) is 29.3 Å². The van der Waals surface area contributed by atoms with Crippen LogP contribution in [-0.4, -0.2) is 40.1 Å². The Morgan fingerprint density at radius 3 is 2.21 bits per heavy atom. The van der Waals surface area contributed by atoms with Gasteiger partial charge in [0.15, 0.2) is 12.4 Å². The maximum absolute atomic E-state index is 13.3. The summed E-state index contributed by atoms with van der Waals surface area (Å²) in [6.07, 6.45) is 5.01. The van der Waals surface area contributed by atoms with Crippen LogP contribution in [0.4, 0.5) is 11.4 Å². The third-order valence-corrected chi connectivity index (χ3v) is 7.85. The summed E-state index contributed by atoms with van der Waals surface area (Å²) in [6, 6.07) is 19.0. The molecular weight excluding hydrogens is 550 g/mol. The summed E-state index contributed by atoms with van der Waals surface area (Å²) >= 11 is 0. The van der Waals surface area contributed by atoms with E-state index in [4.69, 9.17) is 9.72 Å². The molecule has 0 bridgehead atoms. The van der Waals surface area contributed by atoms with Crippen molar-refractivity contribution in [3.8, 4) is 11.3 Å². The summed E-state index contributed by atoms with van der Waals surface area (Å²) in [5.41, 5.74) is 3.29. The Bertz CT molecular complexity index is 1820. The number of amides is 2. The first-order valence-electron chi connectivity index (χ1n) is 13.7. The molecule has 2 unspecified atom stereocenters. The smallest absolute Gasteiger partial charge is 0.339 e. The number of non-ortho nitro benzene ring substituents is 1. The summed E-state index contributed by atoms with van der Waals surface area (Å²) in [4.78, 5) is 68.2. The molecule has 0 saturated carbocycles. The lowest BCUT2D eigenvalue weighted by Crippen LogP contribution is -2.30. The molecule has 1 fully saturated rings. The van der Waals surface area contributed by atoms with Crippen molar-refractivity contribution in [2.45, 2.75) is 19.8 Å². The number of ketones is 1. The maximum Gasteiger partial charge on any atom is 0.339 e. The van der Waals surface area contributed by atoms with Gasteiger partial charge in [-0.1, -0.05) is 35.9 Å². The average molecular weight is 576 g/mol. The standard InChI is InChI=1S/C33H25N3O7/c1-19-6-15-28-26(16-19)27(33(40)43-18-30(37)21-9-13-23(14-10-21)36(41)42)17-29(34-28)20-7-11-22(12-8-20)35-31(38)24-4-2-3-5-25(24)32(35)39/h2-3,6-17,24-25H,4-5,18H2,1H3. The highest BCUT2D eigenvalue weighted by Crippen LogP contribution is 2.38. The van der Waals surface area contributed by atoms with Crippen LogP contribution in [-0.2, 0) is 14.3 Å². The maximum atomic E-state index is 13.3. The Labute approximate surface area is 245 Å². The van der Waals surface area contributed by atoms with Gasteiger partial charge in [0.05, 0.1) is 39.2 Å². The Kier molecular flexibility index (Phi) is 7.11. The van der Waals surface area contributed by atoms with Crippen LogP contribution in [0.25, 0.3) is 22.2 Å². The van der Waals surface area contributed by atoms with Crippen LogP contribution in [0, 0.1) is 28.9 Å². The highest BCUT2D eigenvalue weighted by atomic mass is 16.6. The van der Waals surface area contributed by atoms with Crippen molar-refractivity contribution in [3.05, 3.63) is 112 Å². The number of pyridine rings is 1. The van der Waals surface area contributed by atoms with E-state index in [0.29, 0.717) is 40.7 Å². The number of nitro benzene ring substituents is 1. The number of carbonyl (C=O) groups excluding carboxylic acids is 4. The number of fused-ring (bicyclic) bond motifs is 2. The molecule has 43 heavy (non-hydrogen) atoms. The van der Waals surface area contributed by atoms with Gasteiger partial charge in [-0.05, 0) is 62.2 Å². The molecular formula is C33H25N3O7. The number of nitro groups is 1.